The Hall–Kier alpha value is -0.770. The topological polar surface area (TPSA) is 43.3 Å². The smallest absolute Gasteiger partial charge is 0.207 e. The first-order valence-corrected chi connectivity index (χ1v) is 3.85. The zero-order valence-electron chi connectivity index (χ0n) is 6.38. The number of rotatable bonds is 0. The molecule has 2 N–H and O–H groups in total. The number of thiazole rings is 1. The lowest BCUT2D eigenvalue weighted by atomic mass is 10.4. The first-order chi connectivity index (χ1) is 4.66. The van der Waals surface area contributed by atoms with Crippen molar-refractivity contribution in [3.8, 4) is 0 Å². The molecule has 1 aromatic heterocycles. The van der Waals surface area contributed by atoms with Crippen molar-refractivity contribution in [1.29, 1.82) is 0 Å². The summed E-state index contributed by atoms with van der Waals surface area (Å²) in [6.45, 7) is 4.12. The molecule has 3 nitrogen and oxygen atoms in total. The molecule has 0 spiro atoms. The van der Waals surface area contributed by atoms with Crippen LogP contribution in [-0.4, -0.2) is 4.57 Å². The minimum atomic E-state index is 0.870. The molecule has 0 aliphatic rings. The van der Waals surface area contributed by atoms with Gasteiger partial charge >= 0.3 is 0 Å². The van der Waals surface area contributed by atoms with E-state index >= 15 is 0 Å². The number of aryl methyl sites for hydroxylation is 1. The second-order valence-electron chi connectivity index (χ2n) is 2.21. The minimum Gasteiger partial charge on any atom is -0.323 e. The van der Waals surface area contributed by atoms with E-state index in [1.54, 1.807) is 11.3 Å². The summed E-state index contributed by atoms with van der Waals surface area (Å²) in [4.78, 5) is 2.14. The van der Waals surface area contributed by atoms with Crippen LogP contribution in [0.2, 0.25) is 0 Å². The first-order valence-electron chi connectivity index (χ1n) is 3.03. The summed E-state index contributed by atoms with van der Waals surface area (Å²) in [6, 6.07) is 0. The Morgan fingerprint density at radius 3 is 2.30 bits per heavy atom. The normalized spacial score (nSPS) is 12.5. The molecule has 56 valence electrons. The molecule has 0 radical (unpaired) electrons. The fourth-order valence-corrected chi connectivity index (χ4v) is 1.66. The van der Waals surface area contributed by atoms with E-state index < -0.39 is 0 Å². The molecule has 4 heteroatoms. The van der Waals surface area contributed by atoms with Crippen LogP contribution in [0.4, 0.5) is 0 Å². The van der Waals surface area contributed by atoms with Gasteiger partial charge < -0.3 is 10.4 Å². The van der Waals surface area contributed by atoms with Crippen molar-refractivity contribution in [2.45, 2.75) is 13.8 Å². The van der Waals surface area contributed by atoms with Crippen LogP contribution >= 0.6 is 11.3 Å². The van der Waals surface area contributed by atoms with E-state index in [1.807, 2.05) is 11.6 Å². The SMILES string of the molecule is Cc1s/c(=N/N)n(C)c1C. The summed E-state index contributed by atoms with van der Waals surface area (Å²) in [5.41, 5.74) is 1.23. The highest BCUT2D eigenvalue weighted by Crippen LogP contribution is 2.06. The Morgan fingerprint density at radius 1 is 1.50 bits per heavy atom. The van der Waals surface area contributed by atoms with Crippen molar-refractivity contribution in [1.82, 2.24) is 4.57 Å². The van der Waals surface area contributed by atoms with Crippen molar-refractivity contribution in [2.24, 2.45) is 18.0 Å². The van der Waals surface area contributed by atoms with Crippen molar-refractivity contribution < 1.29 is 0 Å². The predicted molar refractivity (Wildman–Crippen MR) is 42.5 cm³/mol. The van der Waals surface area contributed by atoms with Crippen LogP contribution in [0.1, 0.15) is 10.6 Å². The number of hydrogen-bond donors (Lipinski definition) is 1. The lowest BCUT2D eigenvalue weighted by Crippen LogP contribution is -2.13. The number of hydrogen-bond acceptors (Lipinski definition) is 3. The maximum atomic E-state index is 5.15. The highest BCUT2D eigenvalue weighted by atomic mass is 32.1. The third-order valence-electron chi connectivity index (χ3n) is 1.65. The van der Waals surface area contributed by atoms with E-state index in [0.29, 0.717) is 0 Å². The first kappa shape index (κ1) is 7.34. The lowest BCUT2D eigenvalue weighted by molar-refractivity contribution is 0.815. The van der Waals surface area contributed by atoms with Crippen LogP contribution in [0.3, 0.4) is 0 Å². The fourth-order valence-electron chi connectivity index (χ4n) is 0.772. The van der Waals surface area contributed by atoms with Gasteiger partial charge in [-0.15, -0.1) is 11.3 Å². The Balaban J connectivity index is 3.46. The molecule has 1 rings (SSSR count). The highest BCUT2D eigenvalue weighted by Gasteiger charge is 1.99. The van der Waals surface area contributed by atoms with E-state index in [-0.39, 0.29) is 0 Å². The van der Waals surface area contributed by atoms with Crippen molar-refractivity contribution in [3.63, 3.8) is 0 Å². The van der Waals surface area contributed by atoms with E-state index in [4.69, 9.17) is 5.84 Å². The highest BCUT2D eigenvalue weighted by molar-refractivity contribution is 7.09. The van der Waals surface area contributed by atoms with Gasteiger partial charge in [-0.3, -0.25) is 0 Å². The molecule has 0 saturated carbocycles. The summed E-state index contributed by atoms with van der Waals surface area (Å²) in [5, 5.41) is 3.63. The van der Waals surface area contributed by atoms with Gasteiger partial charge in [-0.1, -0.05) is 0 Å². The lowest BCUT2D eigenvalue weighted by Gasteiger charge is -1.92. The van der Waals surface area contributed by atoms with Gasteiger partial charge in [0, 0.05) is 17.6 Å². The molecule has 1 aromatic rings. The Morgan fingerprint density at radius 2 is 2.10 bits per heavy atom. The van der Waals surface area contributed by atoms with E-state index in [2.05, 4.69) is 18.9 Å². The molecule has 0 bridgehead atoms. The largest absolute Gasteiger partial charge is 0.323 e. The quantitative estimate of drug-likeness (QED) is 0.432. The summed E-state index contributed by atoms with van der Waals surface area (Å²) in [6.07, 6.45) is 0. The summed E-state index contributed by atoms with van der Waals surface area (Å²) in [5.74, 6) is 5.15. The molecule has 0 fully saturated rings. The monoisotopic (exact) mass is 157 g/mol. The van der Waals surface area contributed by atoms with Gasteiger partial charge in [-0.25, -0.2) is 0 Å². The van der Waals surface area contributed by atoms with Crippen LogP contribution in [-0.2, 0) is 7.05 Å². The molecule has 0 atom stereocenters. The van der Waals surface area contributed by atoms with E-state index in [0.717, 1.165) is 4.80 Å². The Bertz CT molecular complexity index is 294. The average molecular weight is 157 g/mol. The summed E-state index contributed by atoms with van der Waals surface area (Å²) in [7, 11) is 1.96. The van der Waals surface area contributed by atoms with Crippen molar-refractivity contribution >= 4 is 11.3 Å². The number of nitrogens with zero attached hydrogens (tertiary/aromatic N) is 2. The number of aromatic nitrogens is 1. The molecule has 1 heterocycles. The van der Waals surface area contributed by atoms with Crippen LogP contribution in [0.15, 0.2) is 5.10 Å². The van der Waals surface area contributed by atoms with Gasteiger partial charge in [0.1, 0.15) is 0 Å². The van der Waals surface area contributed by atoms with Crippen molar-refractivity contribution in [3.05, 3.63) is 15.4 Å². The maximum Gasteiger partial charge on any atom is 0.207 e. The molecule has 10 heavy (non-hydrogen) atoms. The van der Waals surface area contributed by atoms with E-state index in [1.165, 1.54) is 10.6 Å². The average Bonchev–Trinajstić information content (AvgIpc) is 2.17. The standard InChI is InChI=1S/C6H11N3S/c1-4-5(2)10-6(8-7)9(4)3/h7H2,1-3H3/b8-6+. The zero-order valence-corrected chi connectivity index (χ0v) is 7.20. The third-order valence-corrected chi connectivity index (χ3v) is 2.82. The van der Waals surface area contributed by atoms with Crippen LogP contribution < -0.4 is 10.6 Å². The van der Waals surface area contributed by atoms with Gasteiger partial charge in [-0.2, -0.15) is 5.10 Å². The predicted octanol–water partition coefficient (Wildman–Crippen LogP) is 0.478. The minimum absolute atomic E-state index is 0.870. The second-order valence-corrected chi connectivity index (χ2v) is 3.40. The zero-order chi connectivity index (χ0) is 7.72. The fraction of sp³-hybridized carbons (Fsp3) is 0.500. The van der Waals surface area contributed by atoms with Crippen LogP contribution in [0.5, 0.6) is 0 Å². The van der Waals surface area contributed by atoms with Gasteiger partial charge in [0.15, 0.2) is 0 Å². The molecular formula is C6H11N3S. The molecule has 0 aliphatic carbocycles. The summed E-state index contributed by atoms with van der Waals surface area (Å²) >= 11 is 1.61. The molecule has 0 amide bonds. The van der Waals surface area contributed by atoms with Crippen molar-refractivity contribution in [2.75, 3.05) is 0 Å². The van der Waals surface area contributed by atoms with Gasteiger partial charge in [-0.05, 0) is 13.8 Å². The second kappa shape index (κ2) is 2.46. The molecular weight excluding hydrogens is 146 g/mol. The van der Waals surface area contributed by atoms with Gasteiger partial charge in [0.05, 0.1) is 0 Å². The maximum absolute atomic E-state index is 5.15. The molecule has 0 aromatic carbocycles. The third kappa shape index (κ3) is 0.945. The molecule has 0 aliphatic heterocycles. The van der Waals surface area contributed by atoms with Gasteiger partial charge in [0.25, 0.3) is 0 Å². The van der Waals surface area contributed by atoms with Crippen LogP contribution in [0, 0.1) is 13.8 Å². The summed E-state index contributed by atoms with van der Waals surface area (Å²) < 4.78 is 1.99. The molecule has 0 unspecified atom stereocenters. The number of nitrogens with two attached hydrogens (primary N) is 1. The Kier molecular flexibility index (Phi) is 1.80. The van der Waals surface area contributed by atoms with Gasteiger partial charge in [0.2, 0.25) is 4.80 Å². The molecule has 0 saturated heterocycles. The van der Waals surface area contributed by atoms with Crippen LogP contribution in [0.25, 0.3) is 0 Å². The van der Waals surface area contributed by atoms with E-state index in [9.17, 15) is 0 Å². The Labute approximate surface area is 63.8 Å².